The van der Waals surface area contributed by atoms with Crippen molar-refractivity contribution < 1.29 is 34.3 Å². The standard InChI is InChI=1S/2C5H12O4S.Ca/c2*1-4-5(2,3)9-10(6,7)8;/h2*4H2,1-3H3,(H,6,7,8);/q;;+2/p-2. The predicted molar refractivity (Wildman–Crippen MR) is 76.1 cm³/mol. The Morgan fingerprint density at radius 1 is 0.762 bits per heavy atom. The average Bonchev–Trinajstić information content (AvgIpc) is 2.11. The maximum absolute atomic E-state index is 10.0. The van der Waals surface area contributed by atoms with Gasteiger partial charge in [0.2, 0.25) is 20.8 Å². The third-order valence-corrected chi connectivity index (χ3v) is 3.67. The summed E-state index contributed by atoms with van der Waals surface area (Å²) in [7, 11) is -9.09. The van der Waals surface area contributed by atoms with E-state index in [0.29, 0.717) is 12.8 Å². The summed E-state index contributed by atoms with van der Waals surface area (Å²) in [4.78, 5) is 0. The third-order valence-electron chi connectivity index (χ3n) is 2.36. The molecule has 0 heterocycles. The average molecular weight is 374 g/mol. The van der Waals surface area contributed by atoms with E-state index in [9.17, 15) is 25.9 Å². The Hall–Kier alpha value is 1.000. The van der Waals surface area contributed by atoms with Crippen LogP contribution in [0.4, 0.5) is 0 Å². The van der Waals surface area contributed by atoms with Gasteiger partial charge in [-0.15, -0.1) is 0 Å². The molecule has 11 heteroatoms. The summed E-state index contributed by atoms with van der Waals surface area (Å²) in [5, 5.41) is 0. The molecule has 0 aromatic rings. The van der Waals surface area contributed by atoms with E-state index in [1.54, 1.807) is 41.5 Å². The maximum atomic E-state index is 10.0. The maximum Gasteiger partial charge on any atom is 2.00 e. The van der Waals surface area contributed by atoms with Crippen molar-refractivity contribution in [2.24, 2.45) is 0 Å². The van der Waals surface area contributed by atoms with Crippen LogP contribution in [0.25, 0.3) is 0 Å². The molecule has 0 saturated heterocycles. The Morgan fingerprint density at radius 3 is 1.00 bits per heavy atom. The molecule has 0 radical (unpaired) electrons. The van der Waals surface area contributed by atoms with Crippen LogP contribution < -0.4 is 0 Å². The van der Waals surface area contributed by atoms with Gasteiger partial charge in [0.1, 0.15) is 0 Å². The van der Waals surface area contributed by atoms with E-state index in [0.717, 1.165) is 0 Å². The molecule has 0 aromatic heterocycles. The number of rotatable bonds is 6. The Bertz CT molecular complexity index is 435. The zero-order chi connectivity index (χ0) is 16.8. The molecule has 0 aliphatic rings. The van der Waals surface area contributed by atoms with Crippen molar-refractivity contribution in [2.75, 3.05) is 0 Å². The summed E-state index contributed by atoms with van der Waals surface area (Å²) in [6, 6.07) is 0. The molecule has 0 unspecified atom stereocenters. The van der Waals surface area contributed by atoms with E-state index >= 15 is 0 Å². The van der Waals surface area contributed by atoms with Gasteiger partial charge < -0.3 is 9.11 Å². The van der Waals surface area contributed by atoms with Gasteiger partial charge in [-0.25, -0.2) is 16.8 Å². The van der Waals surface area contributed by atoms with Gasteiger partial charge in [0.15, 0.2) is 0 Å². The second-order valence-electron chi connectivity index (χ2n) is 5.21. The third kappa shape index (κ3) is 21.0. The van der Waals surface area contributed by atoms with Gasteiger partial charge in [0, 0.05) is 0 Å². The van der Waals surface area contributed by atoms with Crippen molar-refractivity contribution in [2.45, 2.75) is 65.6 Å². The zero-order valence-corrected chi connectivity index (χ0v) is 17.0. The molecule has 0 aliphatic carbocycles. The van der Waals surface area contributed by atoms with Crippen LogP contribution in [0.3, 0.4) is 0 Å². The molecule has 0 aliphatic heterocycles. The van der Waals surface area contributed by atoms with E-state index in [1.807, 2.05) is 0 Å². The van der Waals surface area contributed by atoms with Gasteiger partial charge in [-0.05, 0) is 40.5 Å². The number of hydrogen-bond acceptors (Lipinski definition) is 8. The molecule has 0 aromatic carbocycles. The topological polar surface area (TPSA) is 133 Å². The SMILES string of the molecule is CCC(C)(C)OS(=O)(=O)[O-].CCC(C)(C)OS(=O)(=O)[O-].[Ca+2]. The summed E-state index contributed by atoms with van der Waals surface area (Å²) >= 11 is 0. The van der Waals surface area contributed by atoms with Gasteiger partial charge in [-0.1, -0.05) is 13.8 Å². The summed E-state index contributed by atoms with van der Waals surface area (Å²) in [6.07, 6.45) is 0.961. The van der Waals surface area contributed by atoms with Crippen LogP contribution in [-0.4, -0.2) is 74.9 Å². The molecule has 0 N–H and O–H groups in total. The fourth-order valence-electron chi connectivity index (χ4n) is 0.670. The van der Waals surface area contributed by atoms with E-state index < -0.39 is 32.0 Å². The van der Waals surface area contributed by atoms with Crippen LogP contribution in [0.2, 0.25) is 0 Å². The van der Waals surface area contributed by atoms with Crippen molar-refractivity contribution in [3.63, 3.8) is 0 Å². The van der Waals surface area contributed by atoms with Gasteiger partial charge in [-0.2, -0.15) is 0 Å². The molecule has 0 amide bonds. The summed E-state index contributed by atoms with van der Waals surface area (Å²) < 4.78 is 68.5. The van der Waals surface area contributed by atoms with Crippen LogP contribution in [0, 0.1) is 0 Å². The molecular formula is C10H22CaO8S2. The normalized spacial score (nSPS) is 13.0. The Balaban J connectivity index is -0.000000295. The Labute approximate surface area is 157 Å². The molecular weight excluding hydrogens is 352 g/mol. The minimum Gasteiger partial charge on any atom is -0.726 e. The van der Waals surface area contributed by atoms with Crippen LogP contribution in [-0.2, 0) is 29.2 Å². The van der Waals surface area contributed by atoms with Crippen LogP contribution in [0.1, 0.15) is 54.4 Å². The van der Waals surface area contributed by atoms with Gasteiger partial charge >= 0.3 is 37.7 Å². The van der Waals surface area contributed by atoms with Gasteiger partial charge in [-0.3, -0.25) is 8.37 Å². The monoisotopic (exact) mass is 374 g/mol. The van der Waals surface area contributed by atoms with Crippen LogP contribution in [0.5, 0.6) is 0 Å². The molecule has 0 rings (SSSR count). The molecule has 0 atom stereocenters. The van der Waals surface area contributed by atoms with Crippen LogP contribution in [0.15, 0.2) is 0 Å². The smallest absolute Gasteiger partial charge is 0.726 e. The second kappa shape index (κ2) is 9.99. The van der Waals surface area contributed by atoms with Crippen LogP contribution >= 0.6 is 0 Å². The van der Waals surface area contributed by atoms with E-state index in [1.165, 1.54) is 0 Å². The predicted octanol–water partition coefficient (Wildman–Crippen LogP) is 0.923. The van der Waals surface area contributed by atoms with E-state index in [2.05, 4.69) is 8.37 Å². The fraction of sp³-hybridized carbons (Fsp3) is 1.00. The van der Waals surface area contributed by atoms with Gasteiger partial charge in [0.05, 0.1) is 11.2 Å². The number of hydrogen-bond donors (Lipinski definition) is 0. The quantitative estimate of drug-likeness (QED) is 0.381. The molecule has 124 valence electrons. The van der Waals surface area contributed by atoms with E-state index in [-0.39, 0.29) is 37.7 Å². The van der Waals surface area contributed by atoms with Crippen molar-refractivity contribution in [1.29, 1.82) is 0 Å². The minimum absolute atomic E-state index is 0. The first-order valence-corrected chi connectivity index (χ1v) is 8.53. The van der Waals surface area contributed by atoms with Crippen molar-refractivity contribution in [1.82, 2.24) is 0 Å². The molecule has 0 saturated carbocycles. The van der Waals surface area contributed by atoms with Gasteiger partial charge in [0.25, 0.3) is 0 Å². The summed E-state index contributed by atoms with van der Waals surface area (Å²) in [5.41, 5.74) is -1.75. The first-order chi connectivity index (χ1) is 8.54. The fourth-order valence-corrected chi connectivity index (χ4v) is 2.01. The van der Waals surface area contributed by atoms with Crippen molar-refractivity contribution in [3.8, 4) is 0 Å². The largest absolute Gasteiger partial charge is 2.00 e. The first-order valence-electron chi connectivity index (χ1n) is 5.86. The molecule has 21 heavy (non-hydrogen) atoms. The molecule has 0 bridgehead atoms. The molecule has 8 nitrogen and oxygen atoms in total. The minimum atomic E-state index is -4.54. The second-order valence-corrected chi connectivity index (χ2v) is 7.18. The molecule has 0 fully saturated rings. The Morgan fingerprint density at radius 2 is 0.952 bits per heavy atom. The van der Waals surface area contributed by atoms with Crippen molar-refractivity contribution in [3.05, 3.63) is 0 Å². The summed E-state index contributed by atoms with van der Waals surface area (Å²) in [6.45, 7) is 9.66. The zero-order valence-electron chi connectivity index (χ0n) is 13.2. The molecule has 0 spiro atoms. The van der Waals surface area contributed by atoms with E-state index in [4.69, 9.17) is 0 Å². The summed E-state index contributed by atoms with van der Waals surface area (Å²) in [5.74, 6) is 0. The van der Waals surface area contributed by atoms with Crippen molar-refractivity contribution >= 4 is 58.5 Å². The first kappa shape index (κ1) is 26.9. The Kier molecular flexibility index (Phi) is 12.8.